The summed E-state index contributed by atoms with van der Waals surface area (Å²) in [5.41, 5.74) is 8.55. The highest BCUT2D eigenvalue weighted by Gasteiger charge is 2.36. The largest absolute Gasteiger partial charge is 0.353 e. The molecule has 1 atom stereocenters. The van der Waals surface area contributed by atoms with Crippen LogP contribution in [-0.2, 0) is 16.6 Å². The van der Waals surface area contributed by atoms with Crippen LogP contribution in [0, 0.1) is 25.7 Å². The molecule has 1 unspecified atom stereocenters. The van der Waals surface area contributed by atoms with Crippen LogP contribution in [0.15, 0.2) is 55.0 Å². The van der Waals surface area contributed by atoms with Gasteiger partial charge in [-0.3, -0.25) is 14.8 Å². The Kier molecular flexibility index (Phi) is 11.6. The van der Waals surface area contributed by atoms with Gasteiger partial charge in [0.1, 0.15) is 0 Å². The quantitative estimate of drug-likeness (QED) is 0.133. The molecule has 3 heterocycles. The number of nitrogens with one attached hydrogen (secondary N) is 2. The number of hydrogen-bond donors (Lipinski definition) is 2. The van der Waals surface area contributed by atoms with E-state index in [0.29, 0.717) is 11.8 Å². The number of aromatic nitrogens is 3. The van der Waals surface area contributed by atoms with E-state index in [0.717, 1.165) is 67.7 Å². The first-order chi connectivity index (χ1) is 21.4. The second-order valence-electron chi connectivity index (χ2n) is 14.4. The number of aromatic amines is 1. The topological polar surface area (TPSA) is 73.9 Å². The SMILES string of the molecule is Cc1cc(C)cc(-c2[nH]c3cnc(C(C)(C)C(=O)N(CC(C)C)CC(C)C)cc3c2C(C)CNCCCCc2ccncc2)c1. The van der Waals surface area contributed by atoms with Gasteiger partial charge in [-0.15, -0.1) is 0 Å². The predicted molar refractivity (Wildman–Crippen MR) is 189 cm³/mol. The normalized spacial score (nSPS) is 12.8. The van der Waals surface area contributed by atoms with Gasteiger partial charge < -0.3 is 15.2 Å². The molecule has 0 spiro atoms. The number of amides is 1. The third-order valence-electron chi connectivity index (χ3n) is 8.63. The molecular formula is C39H55N5O. The average molecular weight is 610 g/mol. The minimum atomic E-state index is -0.747. The zero-order valence-corrected chi connectivity index (χ0v) is 29.1. The maximum absolute atomic E-state index is 14.1. The van der Waals surface area contributed by atoms with E-state index in [1.807, 2.05) is 37.3 Å². The van der Waals surface area contributed by atoms with E-state index >= 15 is 0 Å². The van der Waals surface area contributed by atoms with Crippen LogP contribution >= 0.6 is 0 Å². The van der Waals surface area contributed by atoms with Crippen LogP contribution in [0.5, 0.6) is 0 Å². The second kappa shape index (κ2) is 15.2. The molecule has 0 fully saturated rings. The summed E-state index contributed by atoms with van der Waals surface area (Å²) < 4.78 is 0. The van der Waals surface area contributed by atoms with E-state index in [4.69, 9.17) is 4.98 Å². The minimum Gasteiger partial charge on any atom is -0.353 e. The Morgan fingerprint density at radius 1 is 0.933 bits per heavy atom. The summed E-state index contributed by atoms with van der Waals surface area (Å²) >= 11 is 0. The van der Waals surface area contributed by atoms with Crippen molar-refractivity contribution in [3.8, 4) is 11.3 Å². The van der Waals surface area contributed by atoms with Crippen LogP contribution in [0.1, 0.15) is 95.2 Å². The molecule has 6 nitrogen and oxygen atoms in total. The Bertz CT molecular complexity index is 1520. The van der Waals surface area contributed by atoms with Crippen molar-refractivity contribution >= 4 is 16.8 Å². The number of nitrogens with zero attached hydrogens (tertiary/aromatic N) is 3. The van der Waals surface area contributed by atoms with E-state index < -0.39 is 5.41 Å². The van der Waals surface area contributed by atoms with Gasteiger partial charge in [-0.25, -0.2) is 0 Å². The van der Waals surface area contributed by atoms with Crippen molar-refractivity contribution in [3.63, 3.8) is 0 Å². The number of aryl methyl sites for hydroxylation is 3. The zero-order valence-electron chi connectivity index (χ0n) is 29.1. The first-order valence-electron chi connectivity index (χ1n) is 16.9. The number of unbranched alkanes of at least 4 members (excludes halogenated alkanes) is 1. The lowest BCUT2D eigenvalue weighted by molar-refractivity contribution is -0.137. The Morgan fingerprint density at radius 3 is 2.20 bits per heavy atom. The zero-order chi connectivity index (χ0) is 32.7. The van der Waals surface area contributed by atoms with Crippen molar-refractivity contribution in [2.24, 2.45) is 11.8 Å². The smallest absolute Gasteiger partial charge is 0.234 e. The third kappa shape index (κ3) is 8.82. The summed E-state index contributed by atoms with van der Waals surface area (Å²) in [5.74, 6) is 1.20. The molecule has 0 aliphatic rings. The summed E-state index contributed by atoms with van der Waals surface area (Å²) in [6.45, 7) is 22.7. The summed E-state index contributed by atoms with van der Waals surface area (Å²) in [5, 5.41) is 4.89. The Morgan fingerprint density at radius 2 is 1.58 bits per heavy atom. The number of carbonyl (C=O) groups is 1. The molecule has 1 aromatic carbocycles. The number of H-pyrrole nitrogens is 1. The van der Waals surface area contributed by atoms with Gasteiger partial charge in [-0.2, -0.15) is 0 Å². The van der Waals surface area contributed by atoms with Crippen LogP contribution in [0.25, 0.3) is 22.2 Å². The molecule has 0 saturated carbocycles. The molecule has 0 aliphatic heterocycles. The standard InChI is InChI=1S/C39H55N5O/c1-26(2)24-44(25-27(3)4)38(45)39(8,9)35-21-33-34(23-42-35)43-37(32-19-28(5)18-29(6)20-32)36(33)30(7)22-41-15-11-10-12-31-13-16-40-17-14-31/h13-14,16-21,23,26-27,30,41,43H,10-12,15,22,24-25H2,1-9H3. The summed E-state index contributed by atoms with van der Waals surface area (Å²) in [6, 6.07) is 13.1. The lowest BCUT2D eigenvalue weighted by Gasteiger charge is -2.34. The Labute approximate surface area is 271 Å². The highest BCUT2D eigenvalue weighted by Crippen LogP contribution is 2.38. The molecule has 4 aromatic rings. The number of benzene rings is 1. The molecule has 2 N–H and O–H groups in total. The van der Waals surface area contributed by atoms with Gasteiger partial charge in [-0.1, -0.05) is 51.8 Å². The number of carbonyl (C=O) groups excluding carboxylic acids is 1. The molecule has 0 bridgehead atoms. The lowest BCUT2D eigenvalue weighted by atomic mass is 9.85. The van der Waals surface area contributed by atoms with Gasteiger partial charge in [0.2, 0.25) is 5.91 Å². The maximum atomic E-state index is 14.1. The Balaban J connectivity index is 1.63. The fourth-order valence-corrected chi connectivity index (χ4v) is 6.49. The van der Waals surface area contributed by atoms with Crippen molar-refractivity contribution in [1.29, 1.82) is 0 Å². The van der Waals surface area contributed by atoms with Crippen molar-refractivity contribution in [2.45, 2.75) is 92.9 Å². The first-order valence-corrected chi connectivity index (χ1v) is 16.9. The van der Waals surface area contributed by atoms with Crippen LogP contribution in [0.2, 0.25) is 0 Å². The highest BCUT2D eigenvalue weighted by molar-refractivity contribution is 5.93. The molecule has 0 radical (unpaired) electrons. The lowest BCUT2D eigenvalue weighted by Crippen LogP contribution is -2.46. The number of rotatable bonds is 15. The second-order valence-corrected chi connectivity index (χ2v) is 14.4. The monoisotopic (exact) mass is 609 g/mol. The van der Waals surface area contributed by atoms with Gasteiger partial charge in [0.05, 0.1) is 28.5 Å². The van der Waals surface area contributed by atoms with Crippen LogP contribution in [0.3, 0.4) is 0 Å². The van der Waals surface area contributed by atoms with Gasteiger partial charge in [0.25, 0.3) is 0 Å². The van der Waals surface area contributed by atoms with Crippen LogP contribution in [0.4, 0.5) is 0 Å². The average Bonchev–Trinajstić information content (AvgIpc) is 3.37. The van der Waals surface area contributed by atoms with Crippen molar-refractivity contribution in [3.05, 3.63) is 82.9 Å². The van der Waals surface area contributed by atoms with E-state index in [1.165, 1.54) is 27.8 Å². The molecule has 0 aliphatic carbocycles. The van der Waals surface area contributed by atoms with Gasteiger partial charge in [0.15, 0.2) is 0 Å². The molecule has 3 aromatic heterocycles. The van der Waals surface area contributed by atoms with Crippen molar-refractivity contribution in [2.75, 3.05) is 26.2 Å². The minimum absolute atomic E-state index is 0.143. The van der Waals surface area contributed by atoms with Crippen molar-refractivity contribution in [1.82, 2.24) is 25.2 Å². The maximum Gasteiger partial charge on any atom is 0.234 e. The predicted octanol–water partition coefficient (Wildman–Crippen LogP) is 8.38. The molecular weight excluding hydrogens is 554 g/mol. The fourth-order valence-electron chi connectivity index (χ4n) is 6.49. The summed E-state index contributed by atoms with van der Waals surface area (Å²) in [6.07, 6.45) is 9.03. The van der Waals surface area contributed by atoms with E-state index in [1.54, 1.807) is 0 Å². The number of hydrogen-bond acceptors (Lipinski definition) is 4. The summed E-state index contributed by atoms with van der Waals surface area (Å²) in [4.78, 5) is 28.9. The van der Waals surface area contributed by atoms with Crippen LogP contribution < -0.4 is 5.32 Å². The molecule has 1 amide bonds. The fraction of sp³-hybridized carbons (Fsp3) is 0.513. The molecule has 45 heavy (non-hydrogen) atoms. The third-order valence-corrected chi connectivity index (χ3v) is 8.63. The Hall–Kier alpha value is -3.51. The number of fused-ring (bicyclic) bond motifs is 1. The summed E-state index contributed by atoms with van der Waals surface area (Å²) in [7, 11) is 0. The molecule has 4 rings (SSSR count). The molecule has 0 saturated heterocycles. The molecule has 242 valence electrons. The van der Waals surface area contributed by atoms with Gasteiger partial charge in [0, 0.05) is 37.4 Å². The van der Waals surface area contributed by atoms with Crippen LogP contribution in [-0.4, -0.2) is 51.9 Å². The van der Waals surface area contributed by atoms with Gasteiger partial charge >= 0.3 is 0 Å². The number of pyridine rings is 2. The van der Waals surface area contributed by atoms with E-state index in [2.05, 4.69) is 100 Å². The highest BCUT2D eigenvalue weighted by atomic mass is 16.2. The van der Waals surface area contributed by atoms with Crippen molar-refractivity contribution < 1.29 is 4.79 Å². The van der Waals surface area contributed by atoms with Gasteiger partial charge in [-0.05, 0) is 118 Å². The van der Waals surface area contributed by atoms with E-state index in [9.17, 15) is 4.79 Å². The van der Waals surface area contributed by atoms with E-state index in [-0.39, 0.29) is 11.8 Å². The molecule has 6 heteroatoms. The first kappa shape index (κ1) is 34.4.